The quantitative estimate of drug-likeness (QED) is 0.828. The van der Waals surface area contributed by atoms with E-state index < -0.39 is 0 Å². The maximum absolute atomic E-state index is 12.7. The number of amides is 2. The second-order valence-corrected chi connectivity index (χ2v) is 8.02. The Hall–Kier alpha value is -2.08. The number of hydrogen-bond acceptors (Lipinski definition) is 4. The van der Waals surface area contributed by atoms with Crippen LogP contribution in [0.1, 0.15) is 55.7 Å². The van der Waals surface area contributed by atoms with Crippen LogP contribution in [0.25, 0.3) is 0 Å². The minimum atomic E-state index is -0.278. The van der Waals surface area contributed by atoms with E-state index in [1.807, 2.05) is 12.1 Å². The Balaban J connectivity index is 1.46. The van der Waals surface area contributed by atoms with Crippen molar-refractivity contribution in [2.45, 2.75) is 57.1 Å². The second-order valence-electron chi connectivity index (χ2n) is 8.02. The Morgan fingerprint density at radius 3 is 2.93 bits per heavy atom. The highest BCUT2D eigenvalue weighted by Gasteiger charge is 2.36. The van der Waals surface area contributed by atoms with Gasteiger partial charge in [0.2, 0.25) is 11.8 Å². The molecule has 1 saturated heterocycles. The molecular weight excluding hydrogens is 344 g/mol. The van der Waals surface area contributed by atoms with Gasteiger partial charge in [-0.25, -0.2) is 0 Å². The fourth-order valence-corrected chi connectivity index (χ4v) is 4.37. The van der Waals surface area contributed by atoms with Crippen molar-refractivity contribution < 1.29 is 19.4 Å². The fourth-order valence-electron chi connectivity index (χ4n) is 4.37. The van der Waals surface area contributed by atoms with E-state index in [9.17, 15) is 14.7 Å². The molecule has 2 heterocycles. The van der Waals surface area contributed by atoms with Crippen LogP contribution in [-0.2, 0) is 16.0 Å². The molecule has 2 fully saturated rings. The number of nitrogens with one attached hydrogen (secondary N) is 1. The van der Waals surface area contributed by atoms with Gasteiger partial charge in [-0.2, -0.15) is 0 Å². The fraction of sp³-hybridized carbons (Fsp3) is 0.619. The molecule has 2 N–H and O–H groups in total. The van der Waals surface area contributed by atoms with Gasteiger partial charge in [0.05, 0.1) is 25.3 Å². The van der Waals surface area contributed by atoms with Crippen LogP contribution in [0.3, 0.4) is 0 Å². The Morgan fingerprint density at radius 2 is 2.11 bits per heavy atom. The summed E-state index contributed by atoms with van der Waals surface area (Å²) in [5.41, 5.74) is 2.24. The van der Waals surface area contributed by atoms with Crippen LogP contribution < -0.4 is 10.1 Å². The van der Waals surface area contributed by atoms with Crippen LogP contribution in [0, 0.1) is 5.92 Å². The van der Waals surface area contributed by atoms with E-state index in [0.29, 0.717) is 32.4 Å². The molecule has 6 heteroatoms. The average molecular weight is 372 g/mol. The van der Waals surface area contributed by atoms with Crippen molar-refractivity contribution in [3.63, 3.8) is 0 Å². The molecule has 0 spiro atoms. The Bertz CT molecular complexity index is 714. The molecule has 4 rings (SSSR count). The largest absolute Gasteiger partial charge is 0.493 e. The van der Waals surface area contributed by atoms with E-state index >= 15 is 0 Å². The first-order valence-corrected chi connectivity index (χ1v) is 10.1. The monoisotopic (exact) mass is 372 g/mol. The van der Waals surface area contributed by atoms with Crippen LogP contribution in [-0.4, -0.2) is 47.6 Å². The van der Waals surface area contributed by atoms with Crippen molar-refractivity contribution in [3.05, 3.63) is 29.3 Å². The summed E-state index contributed by atoms with van der Waals surface area (Å²) in [4.78, 5) is 26.6. The number of nitrogens with zero attached hydrogens (tertiary/aromatic N) is 1. The standard InChI is InChI=1S/C21H28N2O4/c24-17-11-16(12-17)21(15-5-6-18-14(10-15)7-9-27-18)22-19(25)13-23-8-3-1-2-4-20(23)26/h5-6,10,16-17,21,24H,1-4,7-9,11-13H2,(H,22,25). The van der Waals surface area contributed by atoms with Crippen LogP contribution >= 0.6 is 0 Å². The molecule has 1 atom stereocenters. The molecule has 2 amide bonds. The van der Waals surface area contributed by atoms with E-state index in [-0.39, 0.29) is 36.4 Å². The van der Waals surface area contributed by atoms with Crippen LogP contribution in [0.4, 0.5) is 0 Å². The molecule has 0 aromatic heterocycles. The summed E-state index contributed by atoms with van der Waals surface area (Å²) in [5.74, 6) is 1.11. The zero-order valence-electron chi connectivity index (χ0n) is 15.7. The summed E-state index contributed by atoms with van der Waals surface area (Å²) in [7, 11) is 0. The van der Waals surface area contributed by atoms with Crippen molar-refractivity contribution >= 4 is 11.8 Å². The van der Waals surface area contributed by atoms with E-state index in [1.165, 1.54) is 5.56 Å². The lowest BCUT2D eigenvalue weighted by molar-refractivity contribution is -0.136. The lowest BCUT2D eigenvalue weighted by atomic mass is 9.75. The van der Waals surface area contributed by atoms with Gasteiger partial charge in [0.1, 0.15) is 5.75 Å². The SMILES string of the molecule is O=C(CN1CCCCCC1=O)NC(c1ccc2c(c1)CCO2)C1CC(O)C1. The number of carbonyl (C=O) groups is 2. The molecule has 27 heavy (non-hydrogen) atoms. The second kappa shape index (κ2) is 7.89. The summed E-state index contributed by atoms with van der Waals surface area (Å²) < 4.78 is 5.58. The lowest BCUT2D eigenvalue weighted by Crippen LogP contribution is -2.46. The van der Waals surface area contributed by atoms with Gasteiger partial charge in [0, 0.05) is 19.4 Å². The number of hydrogen-bond donors (Lipinski definition) is 2. The predicted octanol–water partition coefficient (Wildman–Crippen LogP) is 1.95. The summed E-state index contributed by atoms with van der Waals surface area (Å²) in [5, 5.41) is 12.9. The minimum Gasteiger partial charge on any atom is -0.493 e. The molecule has 0 bridgehead atoms. The molecule has 1 saturated carbocycles. The zero-order valence-corrected chi connectivity index (χ0v) is 15.7. The van der Waals surface area contributed by atoms with Crippen molar-refractivity contribution in [3.8, 4) is 5.75 Å². The maximum atomic E-state index is 12.7. The van der Waals surface area contributed by atoms with Crippen molar-refractivity contribution in [1.82, 2.24) is 10.2 Å². The highest BCUT2D eigenvalue weighted by molar-refractivity contribution is 5.85. The van der Waals surface area contributed by atoms with Crippen LogP contribution in [0.5, 0.6) is 5.75 Å². The van der Waals surface area contributed by atoms with Gasteiger partial charge in [0.15, 0.2) is 0 Å². The number of likely N-dealkylation sites (tertiary alicyclic amines) is 1. The number of ether oxygens (including phenoxy) is 1. The first-order valence-electron chi connectivity index (χ1n) is 10.1. The first-order chi connectivity index (χ1) is 13.1. The maximum Gasteiger partial charge on any atom is 0.240 e. The van der Waals surface area contributed by atoms with Crippen molar-refractivity contribution in [1.29, 1.82) is 0 Å². The Labute approximate surface area is 159 Å². The average Bonchev–Trinajstić information content (AvgIpc) is 3.01. The molecule has 1 aromatic rings. The number of aliphatic hydroxyl groups is 1. The van der Waals surface area contributed by atoms with Crippen molar-refractivity contribution in [2.75, 3.05) is 19.7 Å². The molecule has 0 radical (unpaired) electrons. The van der Waals surface area contributed by atoms with E-state index in [2.05, 4.69) is 11.4 Å². The predicted molar refractivity (Wildman–Crippen MR) is 100 cm³/mol. The van der Waals surface area contributed by atoms with Gasteiger partial charge in [-0.1, -0.05) is 12.5 Å². The molecular formula is C21H28N2O4. The van der Waals surface area contributed by atoms with Crippen LogP contribution in [0.15, 0.2) is 18.2 Å². The van der Waals surface area contributed by atoms with Gasteiger partial charge in [-0.05, 0) is 54.9 Å². The molecule has 2 aliphatic heterocycles. The summed E-state index contributed by atoms with van der Waals surface area (Å²) in [6.45, 7) is 1.49. The van der Waals surface area contributed by atoms with Crippen LogP contribution in [0.2, 0.25) is 0 Å². The first kappa shape index (κ1) is 18.3. The summed E-state index contributed by atoms with van der Waals surface area (Å²) in [6.07, 6.45) is 5.46. The van der Waals surface area contributed by atoms with E-state index in [1.54, 1.807) is 4.90 Å². The molecule has 1 aliphatic carbocycles. The minimum absolute atomic E-state index is 0.0768. The highest BCUT2D eigenvalue weighted by Crippen LogP contribution is 2.39. The molecule has 1 aromatic carbocycles. The Morgan fingerprint density at radius 1 is 1.26 bits per heavy atom. The number of benzene rings is 1. The topological polar surface area (TPSA) is 78.9 Å². The normalized spacial score (nSPS) is 25.8. The number of aliphatic hydroxyl groups excluding tert-OH is 1. The summed E-state index contributed by atoms with van der Waals surface area (Å²) >= 11 is 0. The third-order valence-electron chi connectivity index (χ3n) is 6.02. The Kier molecular flexibility index (Phi) is 5.34. The highest BCUT2D eigenvalue weighted by atomic mass is 16.5. The number of rotatable bonds is 5. The van der Waals surface area contributed by atoms with E-state index in [0.717, 1.165) is 37.0 Å². The smallest absolute Gasteiger partial charge is 0.240 e. The number of fused-ring (bicyclic) bond motifs is 1. The van der Waals surface area contributed by atoms with Crippen molar-refractivity contribution in [2.24, 2.45) is 5.92 Å². The molecule has 146 valence electrons. The summed E-state index contributed by atoms with van der Waals surface area (Å²) in [6, 6.07) is 5.98. The van der Waals surface area contributed by atoms with Gasteiger partial charge < -0.3 is 20.1 Å². The lowest BCUT2D eigenvalue weighted by Gasteiger charge is -2.38. The number of carbonyl (C=O) groups excluding carboxylic acids is 2. The van der Waals surface area contributed by atoms with E-state index in [4.69, 9.17) is 4.74 Å². The van der Waals surface area contributed by atoms with Gasteiger partial charge in [0.25, 0.3) is 0 Å². The molecule has 1 unspecified atom stereocenters. The van der Waals surface area contributed by atoms with Gasteiger partial charge in [-0.15, -0.1) is 0 Å². The van der Waals surface area contributed by atoms with Gasteiger partial charge in [-0.3, -0.25) is 9.59 Å². The zero-order chi connectivity index (χ0) is 18.8. The molecule has 6 nitrogen and oxygen atoms in total. The van der Waals surface area contributed by atoms with Gasteiger partial charge >= 0.3 is 0 Å². The third kappa shape index (κ3) is 4.10. The third-order valence-corrected chi connectivity index (χ3v) is 6.02. The molecule has 3 aliphatic rings.